The van der Waals surface area contributed by atoms with Gasteiger partial charge < -0.3 is 15.1 Å². The first-order valence-electron chi connectivity index (χ1n) is 12.1. The van der Waals surface area contributed by atoms with Crippen LogP contribution >= 0.6 is 0 Å². The Hall–Kier alpha value is -4.06. The molecule has 3 rings (SSSR count). The second-order valence-electron chi connectivity index (χ2n) is 9.72. The maximum absolute atomic E-state index is 12.9. The van der Waals surface area contributed by atoms with Crippen molar-refractivity contribution in [2.24, 2.45) is 0 Å². The quantitative estimate of drug-likeness (QED) is 0.292. The zero-order valence-corrected chi connectivity index (χ0v) is 23.2. The van der Waals surface area contributed by atoms with E-state index < -0.39 is 28.1 Å². The average Bonchev–Trinajstić information content (AvgIpc) is 2.87. The van der Waals surface area contributed by atoms with E-state index in [0.717, 1.165) is 11.1 Å². The molecule has 0 aliphatic carbocycles. The minimum atomic E-state index is -5.08. The molecule has 0 radical (unpaired) electrons. The topological polar surface area (TPSA) is 124 Å². The molecule has 216 valence electrons. The van der Waals surface area contributed by atoms with E-state index in [1.54, 1.807) is 36.4 Å². The Balaban J connectivity index is 0.000000708. The lowest BCUT2D eigenvalue weighted by molar-refractivity contribution is -0.192. The number of benzene rings is 3. The minimum absolute atomic E-state index is 0.0380. The number of hydrogen-bond acceptors (Lipinski definition) is 5. The van der Waals surface area contributed by atoms with Gasteiger partial charge >= 0.3 is 18.1 Å². The van der Waals surface area contributed by atoms with E-state index >= 15 is 0 Å². The molecule has 12 heteroatoms. The molecule has 0 atom stereocenters. The molecule has 0 amide bonds. The van der Waals surface area contributed by atoms with E-state index in [9.17, 15) is 31.5 Å². The maximum atomic E-state index is 12.9. The SMILES string of the molecule is CCN(Cc1ccccc1)c1ccc(NS(=O)(=O)c2ccc(C(C)(C)C)cc2)cc1C(=O)O.O=C(O)C(F)(F)F. The van der Waals surface area contributed by atoms with E-state index in [-0.39, 0.29) is 21.6 Å². The highest BCUT2D eigenvalue weighted by Gasteiger charge is 2.38. The van der Waals surface area contributed by atoms with Crippen molar-refractivity contribution in [3.8, 4) is 0 Å². The second-order valence-corrected chi connectivity index (χ2v) is 11.4. The Bertz CT molecular complexity index is 1420. The number of carboxylic acids is 2. The third-order valence-corrected chi connectivity index (χ3v) is 7.09. The second kappa shape index (κ2) is 12.9. The van der Waals surface area contributed by atoms with Crippen molar-refractivity contribution in [3.63, 3.8) is 0 Å². The molecule has 0 saturated heterocycles. The van der Waals surface area contributed by atoms with Crippen LogP contribution in [0.15, 0.2) is 77.7 Å². The molecule has 3 aromatic carbocycles. The van der Waals surface area contributed by atoms with Gasteiger partial charge in [0.05, 0.1) is 16.1 Å². The lowest BCUT2D eigenvalue weighted by Gasteiger charge is -2.25. The largest absolute Gasteiger partial charge is 0.490 e. The Morgan fingerprint density at radius 1 is 0.900 bits per heavy atom. The number of sulfonamides is 1. The molecule has 0 aliphatic heterocycles. The number of alkyl halides is 3. The summed E-state index contributed by atoms with van der Waals surface area (Å²) in [6, 6.07) is 21.1. The third kappa shape index (κ3) is 9.01. The molecule has 0 heterocycles. The van der Waals surface area contributed by atoms with Crippen molar-refractivity contribution >= 4 is 33.3 Å². The summed E-state index contributed by atoms with van der Waals surface area (Å²) in [4.78, 5) is 23.0. The van der Waals surface area contributed by atoms with E-state index in [1.807, 2.05) is 42.2 Å². The number of carboxylic acid groups (broad SMARTS) is 2. The van der Waals surface area contributed by atoms with Crippen molar-refractivity contribution in [1.82, 2.24) is 0 Å². The first kappa shape index (κ1) is 32.2. The molecule has 8 nitrogen and oxygen atoms in total. The Kier molecular flexibility index (Phi) is 10.3. The Labute approximate surface area is 231 Å². The number of nitrogens with one attached hydrogen (secondary N) is 1. The zero-order valence-electron chi connectivity index (χ0n) is 22.4. The summed E-state index contributed by atoms with van der Waals surface area (Å²) >= 11 is 0. The Morgan fingerprint density at radius 3 is 1.90 bits per heavy atom. The fourth-order valence-electron chi connectivity index (χ4n) is 3.57. The van der Waals surface area contributed by atoms with Gasteiger partial charge in [0.15, 0.2) is 0 Å². The first-order chi connectivity index (χ1) is 18.5. The molecule has 3 N–H and O–H groups in total. The van der Waals surface area contributed by atoms with Crippen LogP contribution in [-0.2, 0) is 26.8 Å². The lowest BCUT2D eigenvalue weighted by Crippen LogP contribution is -2.24. The van der Waals surface area contributed by atoms with E-state index in [2.05, 4.69) is 25.5 Å². The van der Waals surface area contributed by atoms with Crippen molar-refractivity contribution < 1.29 is 41.4 Å². The fraction of sp³-hybridized carbons (Fsp3) is 0.286. The number of nitrogens with zero attached hydrogens (tertiary/aromatic N) is 1. The molecule has 0 fully saturated rings. The summed E-state index contributed by atoms with van der Waals surface area (Å²) in [6.45, 7) is 9.26. The van der Waals surface area contributed by atoms with Crippen LogP contribution in [0.25, 0.3) is 0 Å². The summed E-state index contributed by atoms with van der Waals surface area (Å²) in [6.07, 6.45) is -5.08. The number of hydrogen-bond donors (Lipinski definition) is 3. The molecule has 0 aliphatic rings. The number of halogens is 3. The lowest BCUT2D eigenvalue weighted by atomic mass is 9.87. The number of anilines is 2. The van der Waals surface area contributed by atoms with Gasteiger partial charge in [-0.15, -0.1) is 0 Å². The van der Waals surface area contributed by atoms with Gasteiger partial charge in [-0.1, -0.05) is 63.2 Å². The Morgan fingerprint density at radius 2 is 1.45 bits per heavy atom. The first-order valence-corrected chi connectivity index (χ1v) is 13.5. The molecule has 0 unspecified atom stereocenters. The minimum Gasteiger partial charge on any atom is -0.478 e. The summed E-state index contributed by atoms with van der Waals surface area (Å²) in [7, 11) is -3.86. The zero-order chi connectivity index (χ0) is 30.3. The van der Waals surface area contributed by atoms with Crippen LogP contribution in [-0.4, -0.2) is 43.3 Å². The van der Waals surface area contributed by atoms with Crippen LogP contribution in [0, 0.1) is 0 Å². The van der Waals surface area contributed by atoms with Crippen LogP contribution in [0.3, 0.4) is 0 Å². The average molecular weight is 581 g/mol. The van der Waals surface area contributed by atoms with Crippen LogP contribution < -0.4 is 9.62 Å². The van der Waals surface area contributed by atoms with Gasteiger partial charge in [0.25, 0.3) is 10.0 Å². The number of carbonyl (C=O) groups is 2. The van der Waals surface area contributed by atoms with Gasteiger partial charge in [-0.05, 0) is 53.8 Å². The smallest absolute Gasteiger partial charge is 0.478 e. The van der Waals surface area contributed by atoms with Crippen LogP contribution in [0.5, 0.6) is 0 Å². The predicted molar refractivity (Wildman–Crippen MR) is 146 cm³/mol. The van der Waals surface area contributed by atoms with Crippen molar-refractivity contribution in [1.29, 1.82) is 0 Å². The van der Waals surface area contributed by atoms with E-state index in [0.29, 0.717) is 18.8 Å². The predicted octanol–water partition coefficient (Wildman–Crippen LogP) is 6.14. The van der Waals surface area contributed by atoms with Gasteiger partial charge in [0.1, 0.15) is 0 Å². The van der Waals surface area contributed by atoms with Crippen molar-refractivity contribution in [2.45, 2.75) is 50.7 Å². The van der Waals surface area contributed by atoms with Crippen LogP contribution in [0.2, 0.25) is 0 Å². The maximum Gasteiger partial charge on any atom is 0.490 e. The van der Waals surface area contributed by atoms with Gasteiger partial charge in [-0.2, -0.15) is 13.2 Å². The monoisotopic (exact) mass is 580 g/mol. The van der Waals surface area contributed by atoms with Gasteiger partial charge in [0.2, 0.25) is 0 Å². The van der Waals surface area contributed by atoms with E-state index in [4.69, 9.17) is 9.90 Å². The summed E-state index contributed by atoms with van der Waals surface area (Å²) in [5.41, 5.74) is 2.76. The summed E-state index contributed by atoms with van der Waals surface area (Å²) in [5, 5.41) is 16.9. The third-order valence-electron chi connectivity index (χ3n) is 5.69. The number of aliphatic carboxylic acids is 1. The standard InChI is InChI=1S/C26H30N2O4S.C2HF3O2/c1-5-28(18-19-9-7-6-8-10-19)24-16-13-21(17-23(24)25(29)30)27-33(31,32)22-14-11-20(12-15-22)26(2,3)4;3-2(4,5)1(6)7/h6-17,27H,5,18H2,1-4H3,(H,29,30);(H,6,7). The number of aromatic carboxylic acids is 1. The van der Waals surface area contributed by atoms with Gasteiger partial charge in [-0.25, -0.2) is 18.0 Å². The molecule has 0 spiro atoms. The van der Waals surface area contributed by atoms with Crippen molar-refractivity contribution in [2.75, 3.05) is 16.2 Å². The molecular formula is C28H31F3N2O6S. The van der Waals surface area contributed by atoms with Gasteiger partial charge in [0, 0.05) is 18.8 Å². The molecule has 0 aromatic heterocycles. The highest BCUT2D eigenvalue weighted by molar-refractivity contribution is 7.92. The van der Waals surface area contributed by atoms with Crippen LogP contribution in [0.1, 0.15) is 49.2 Å². The van der Waals surface area contributed by atoms with Gasteiger partial charge in [-0.3, -0.25) is 4.72 Å². The highest BCUT2D eigenvalue weighted by atomic mass is 32.2. The van der Waals surface area contributed by atoms with Crippen molar-refractivity contribution in [3.05, 3.63) is 89.5 Å². The highest BCUT2D eigenvalue weighted by Crippen LogP contribution is 2.28. The molecule has 3 aromatic rings. The molecule has 40 heavy (non-hydrogen) atoms. The normalized spacial score (nSPS) is 11.7. The molecule has 0 bridgehead atoms. The number of rotatable bonds is 8. The fourth-order valence-corrected chi connectivity index (χ4v) is 4.62. The summed E-state index contributed by atoms with van der Waals surface area (Å²) in [5.74, 6) is -3.88. The molecule has 0 saturated carbocycles. The van der Waals surface area contributed by atoms with E-state index in [1.165, 1.54) is 6.07 Å². The van der Waals surface area contributed by atoms with Crippen LogP contribution in [0.4, 0.5) is 24.5 Å². The summed E-state index contributed by atoms with van der Waals surface area (Å²) < 4.78 is 60.0. The molecular weight excluding hydrogens is 549 g/mol.